The van der Waals surface area contributed by atoms with Gasteiger partial charge in [0.15, 0.2) is 0 Å². The van der Waals surface area contributed by atoms with Gasteiger partial charge in [-0.05, 0) is 23.3 Å². The number of hydrogen-bond acceptors (Lipinski definition) is 4. The van der Waals surface area contributed by atoms with Gasteiger partial charge in [0.1, 0.15) is 11.4 Å². The lowest BCUT2D eigenvalue weighted by molar-refractivity contribution is 0.0591. The molecule has 0 aliphatic rings. The third-order valence-electron chi connectivity index (χ3n) is 3.97. The highest BCUT2D eigenvalue weighted by Gasteiger charge is 2.28. The summed E-state index contributed by atoms with van der Waals surface area (Å²) in [6.07, 6.45) is 0. The van der Waals surface area contributed by atoms with E-state index in [1.807, 2.05) is 30.3 Å². The summed E-state index contributed by atoms with van der Waals surface area (Å²) in [7, 11) is 2.58. The Labute approximate surface area is 155 Å². The topological polar surface area (TPSA) is 68.4 Å². The fraction of sp³-hybridized carbons (Fsp3) is 0.100. The molecule has 2 aromatic carbocycles. The molecule has 0 radical (unpaired) electrons. The number of carbonyl (C=O) groups is 2. The van der Waals surface area contributed by atoms with Crippen LogP contribution in [0.1, 0.15) is 21.0 Å². The van der Waals surface area contributed by atoms with E-state index in [0.29, 0.717) is 16.1 Å². The normalized spacial score (nSPS) is 10.4. The van der Waals surface area contributed by atoms with Gasteiger partial charge in [-0.2, -0.15) is 0 Å². The molecule has 1 heterocycles. The van der Waals surface area contributed by atoms with E-state index in [2.05, 4.69) is 4.98 Å². The van der Waals surface area contributed by atoms with Gasteiger partial charge in [0.05, 0.1) is 14.2 Å². The number of ether oxygens (including phenoxy) is 2. The molecule has 0 saturated heterocycles. The van der Waals surface area contributed by atoms with Crippen molar-refractivity contribution in [2.45, 2.75) is 0 Å². The zero-order valence-corrected chi connectivity index (χ0v) is 15.0. The molecule has 0 spiro atoms. The van der Waals surface area contributed by atoms with Gasteiger partial charge in [-0.15, -0.1) is 0 Å². The maximum Gasteiger partial charge on any atom is 0.355 e. The second kappa shape index (κ2) is 7.45. The Bertz CT molecular complexity index is 946. The summed E-state index contributed by atoms with van der Waals surface area (Å²) in [6, 6.07) is 16.3. The summed E-state index contributed by atoms with van der Waals surface area (Å²) in [5.74, 6) is -1.16. The Kier molecular flexibility index (Phi) is 5.09. The fourth-order valence-corrected chi connectivity index (χ4v) is 2.94. The lowest BCUT2D eigenvalue weighted by atomic mass is 9.94. The molecule has 3 aromatic rings. The van der Waals surface area contributed by atoms with Gasteiger partial charge in [-0.1, -0.05) is 54.1 Å². The number of methoxy groups -OCH3 is 2. The summed E-state index contributed by atoms with van der Waals surface area (Å²) in [5.41, 5.74) is 2.97. The minimum absolute atomic E-state index is 0.175. The third-order valence-corrected chi connectivity index (χ3v) is 4.23. The van der Waals surface area contributed by atoms with Crippen molar-refractivity contribution in [1.82, 2.24) is 4.98 Å². The van der Waals surface area contributed by atoms with Gasteiger partial charge in [0, 0.05) is 16.1 Å². The fourth-order valence-electron chi connectivity index (χ4n) is 2.81. The molecule has 5 nitrogen and oxygen atoms in total. The van der Waals surface area contributed by atoms with E-state index < -0.39 is 11.9 Å². The SMILES string of the molecule is COC(=O)c1[nH]c(C(=O)OC)c(-c2ccc(Cl)cc2)c1-c1ccccc1. The number of aromatic amines is 1. The van der Waals surface area contributed by atoms with Gasteiger partial charge >= 0.3 is 11.9 Å². The van der Waals surface area contributed by atoms with E-state index in [1.54, 1.807) is 24.3 Å². The van der Waals surface area contributed by atoms with E-state index in [9.17, 15) is 9.59 Å². The van der Waals surface area contributed by atoms with Gasteiger partial charge in [-0.3, -0.25) is 0 Å². The molecule has 0 saturated carbocycles. The van der Waals surface area contributed by atoms with Crippen molar-refractivity contribution in [3.63, 3.8) is 0 Å². The first kappa shape index (κ1) is 17.8. The molecule has 6 heteroatoms. The molecule has 0 fully saturated rings. The van der Waals surface area contributed by atoms with Crippen LogP contribution in [0, 0.1) is 0 Å². The van der Waals surface area contributed by atoms with Crippen molar-refractivity contribution < 1.29 is 19.1 Å². The second-order valence-electron chi connectivity index (χ2n) is 5.48. The zero-order chi connectivity index (χ0) is 18.7. The quantitative estimate of drug-likeness (QED) is 0.684. The maximum absolute atomic E-state index is 12.4. The summed E-state index contributed by atoms with van der Waals surface area (Å²) in [6.45, 7) is 0. The average molecular weight is 370 g/mol. The van der Waals surface area contributed by atoms with Crippen molar-refractivity contribution in [3.05, 3.63) is 71.0 Å². The monoisotopic (exact) mass is 369 g/mol. The van der Waals surface area contributed by atoms with Crippen LogP contribution in [0.25, 0.3) is 22.3 Å². The average Bonchev–Trinajstić information content (AvgIpc) is 3.08. The van der Waals surface area contributed by atoms with Crippen LogP contribution < -0.4 is 0 Å². The number of aromatic nitrogens is 1. The van der Waals surface area contributed by atoms with E-state index in [4.69, 9.17) is 21.1 Å². The molecule has 132 valence electrons. The van der Waals surface area contributed by atoms with Crippen molar-refractivity contribution in [1.29, 1.82) is 0 Å². The Morgan fingerprint density at radius 1 is 0.769 bits per heavy atom. The summed E-state index contributed by atoms with van der Waals surface area (Å²) >= 11 is 5.99. The summed E-state index contributed by atoms with van der Waals surface area (Å²) < 4.78 is 9.78. The van der Waals surface area contributed by atoms with Crippen molar-refractivity contribution in [2.75, 3.05) is 14.2 Å². The smallest absolute Gasteiger partial charge is 0.355 e. The zero-order valence-electron chi connectivity index (χ0n) is 14.2. The maximum atomic E-state index is 12.4. The molecule has 0 unspecified atom stereocenters. The predicted molar refractivity (Wildman–Crippen MR) is 99.4 cm³/mol. The lowest BCUT2D eigenvalue weighted by Crippen LogP contribution is -2.06. The third kappa shape index (κ3) is 3.21. The van der Waals surface area contributed by atoms with Crippen LogP contribution in [-0.2, 0) is 9.47 Å². The Hall–Kier alpha value is -3.05. The Morgan fingerprint density at radius 3 is 1.69 bits per heavy atom. The number of nitrogens with one attached hydrogen (secondary N) is 1. The Balaban J connectivity index is 2.37. The number of halogens is 1. The molecule has 0 bridgehead atoms. The lowest BCUT2D eigenvalue weighted by Gasteiger charge is -2.09. The van der Waals surface area contributed by atoms with Gasteiger partial charge < -0.3 is 14.5 Å². The number of carbonyl (C=O) groups excluding carboxylic acids is 2. The van der Waals surface area contributed by atoms with Crippen molar-refractivity contribution in [3.8, 4) is 22.3 Å². The van der Waals surface area contributed by atoms with E-state index >= 15 is 0 Å². The molecule has 1 N–H and O–H groups in total. The standard InChI is InChI=1S/C20H16ClNO4/c1-25-19(23)17-15(12-6-4-3-5-7-12)16(18(22-17)20(24)26-2)13-8-10-14(21)11-9-13/h3-11,22H,1-2H3. The number of H-pyrrole nitrogens is 1. The molecular formula is C20H16ClNO4. The number of hydrogen-bond donors (Lipinski definition) is 1. The molecule has 0 amide bonds. The minimum atomic E-state index is -0.581. The predicted octanol–water partition coefficient (Wildman–Crippen LogP) is 4.58. The molecule has 0 aliphatic heterocycles. The summed E-state index contributed by atoms with van der Waals surface area (Å²) in [4.78, 5) is 27.6. The van der Waals surface area contributed by atoms with Crippen LogP contribution in [0.15, 0.2) is 54.6 Å². The number of esters is 2. The van der Waals surface area contributed by atoms with Crippen molar-refractivity contribution >= 4 is 23.5 Å². The molecular weight excluding hydrogens is 354 g/mol. The molecule has 3 rings (SSSR count). The Morgan fingerprint density at radius 2 is 1.23 bits per heavy atom. The first-order valence-corrected chi connectivity index (χ1v) is 8.18. The molecule has 1 aromatic heterocycles. The van der Waals surface area contributed by atoms with Crippen LogP contribution in [-0.4, -0.2) is 31.1 Å². The highest BCUT2D eigenvalue weighted by atomic mass is 35.5. The van der Waals surface area contributed by atoms with E-state index in [-0.39, 0.29) is 11.4 Å². The minimum Gasteiger partial charge on any atom is -0.464 e. The van der Waals surface area contributed by atoms with Crippen LogP contribution in [0.3, 0.4) is 0 Å². The number of benzene rings is 2. The first-order valence-electron chi connectivity index (χ1n) is 7.80. The van der Waals surface area contributed by atoms with Gasteiger partial charge in [0.25, 0.3) is 0 Å². The van der Waals surface area contributed by atoms with Crippen LogP contribution in [0.2, 0.25) is 5.02 Å². The van der Waals surface area contributed by atoms with Crippen LogP contribution in [0.4, 0.5) is 0 Å². The largest absolute Gasteiger partial charge is 0.464 e. The van der Waals surface area contributed by atoms with Crippen molar-refractivity contribution in [2.24, 2.45) is 0 Å². The highest BCUT2D eigenvalue weighted by Crippen LogP contribution is 2.39. The second-order valence-corrected chi connectivity index (χ2v) is 5.92. The first-order chi connectivity index (χ1) is 12.6. The van der Waals surface area contributed by atoms with Crippen LogP contribution >= 0.6 is 11.6 Å². The number of rotatable bonds is 4. The van der Waals surface area contributed by atoms with Gasteiger partial charge in [0.2, 0.25) is 0 Å². The van der Waals surface area contributed by atoms with Crippen LogP contribution in [0.5, 0.6) is 0 Å². The summed E-state index contributed by atoms with van der Waals surface area (Å²) in [5, 5.41) is 0.568. The molecule has 26 heavy (non-hydrogen) atoms. The van der Waals surface area contributed by atoms with E-state index in [1.165, 1.54) is 14.2 Å². The van der Waals surface area contributed by atoms with E-state index in [0.717, 1.165) is 11.1 Å². The van der Waals surface area contributed by atoms with Gasteiger partial charge in [-0.25, -0.2) is 9.59 Å². The molecule has 0 atom stereocenters. The molecule has 0 aliphatic carbocycles. The highest BCUT2D eigenvalue weighted by molar-refractivity contribution is 6.30.